The molecule has 0 aliphatic rings. The van der Waals surface area contributed by atoms with Crippen LogP contribution in [0.1, 0.15) is 21.6 Å². The lowest BCUT2D eigenvalue weighted by Crippen LogP contribution is -2.33. The normalized spacial score (nSPS) is 11.4. The Labute approximate surface area is 117 Å². The maximum atomic E-state index is 12.7. The summed E-state index contributed by atoms with van der Waals surface area (Å²) in [5.74, 6) is -1.68. The van der Waals surface area contributed by atoms with Crippen LogP contribution in [0.3, 0.4) is 0 Å². The molecule has 2 rings (SSSR count). The number of aromatic nitrogens is 1. The van der Waals surface area contributed by atoms with Crippen molar-refractivity contribution in [2.24, 2.45) is 0 Å². The number of alkyl halides is 3. The highest BCUT2D eigenvalue weighted by Crippen LogP contribution is 2.30. The molecular weight excluding hydrogens is 287 g/mol. The zero-order chi connectivity index (χ0) is 15.8. The number of carboxylic acid groups (broad SMARTS) is 1. The van der Waals surface area contributed by atoms with Crippen LogP contribution in [0.5, 0.6) is 0 Å². The van der Waals surface area contributed by atoms with Crippen LogP contribution in [-0.4, -0.2) is 10.5 Å². The Bertz CT molecular complexity index is 763. The molecule has 4 nitrogen and oxygen atoms in total. The van der Waals surface area contributed by atoms with Crippen molar-refractivity contribution in [3.8, 4) is 5.69 Å². The summed E-state index contributed by atoms with van der Waals surface area (Å²) in [7, 11) is 0. The lowest BCUT2D eigenvalue weighted by atomic mass is 10.1. The van der Waals surface area contributed by atoms with Gasteiger partial charge >= 0.3 is 6.18 Å². The fraction of sp³-hybridized carbons (Fsp3) is 0.143. The first kappa shape index (κ1) is 14.8. The molecule has 0 bridgehead atoms. The highest BCUT2D eigenvalue weighted by Gasteiger charge is 2.30. The van der Waals surface area contributed by atoms with Crippen molar-refractivity contribution < 1.29 is 23.1 Å². The fourth-order valence-electron chi connectivity index (χ4n) is 1.93. The molecule has 1 aromatic heterocycles. The van der Waals surface area contributed by atoms with E-state index in [1.165, 1.54) is 19.1 Å². The molecule has 0 aliphatic heterocycles. The quantitative estimate of drug-likeness (QED) is 0.844. The smallest absolute Gasteiger partial charge is 0.416 e. The number of hydrogen-bond acceptors (Lipinski definition) is 3. The summed E-state index contributed by atoms with van der Waals surface area (Å²) < 4.78 is 39.0. The van der Waals surface area contributed by atoms with E-state index in [1.54, 1.807) is 0 Å². The van der Waals surface area contributed by atoms with Crippen molar-refractivity contribution in [3.05, 3.63) is 63.6 Å². The largest absolute Gasteiger partial charge is 0.545 e. The first-order chi connectivity index (χ1) is 9.71. The first-order valence-corrected chi connectivity index (χ1v) is 5.83. The fourth-order valence-corrected chi connectivity index (χ4v) is 1.93. The zero-order valence-electron chi connectivity index (χ0n) is 10.8. The van der Waals surface area contributed by atoms with E-state index in [0.717, 1.165) is 28.8 Å². The summed E-state index contributed by atoms with van der Waals surface area (Å²) in [5.41, 5.74) is -2.22. The molecule has 0 saturated heterocycles. The summed E-state index contributed by atoms with van der Waals surface area (Å²) in [6, 6.07) is 6.49. The first-order valence-electron chi connectivity index (χ1n) is 5.83. The highest BCUT2D eigenvalue weighted by molar-refractivity contribution is 5.85. The molecule has 0 fully saturated rings. The molecule has 1 aromatic carbocycles. The average Bonchev–Trinajstić information content (AvgIpc) is 2.37. The maximum Gasteiger partial charge on any atom is 0.416 e. The van der Waals surface area contributed by atoms with Gasteiger partial charge in [-0.2, -0.15) is 13.2 Å². The minimum Gasteiger partial charge on any atom is -0.545 e. The zero-order valence-corrected chi connectivity index (χ0v) is 10.8. The lowest BCUT2D eigenvalue weighted by molar-refractivity contribution is -0.255. The van der Waals surface area contributed by atoms with Gasteiger partial charge in [0, 0.05) is 11.4 Å². The SMILES string of the molecule is Cc1ccc(C(=O)[O-])c(=O)n1-c1cccc(C(F)(F)F)c1. The van der Waals surface area contributed by atoms with Crippen molar-refractivity contribution in [2.75, 3.05) is 0 Å². The molecule has 7 heteroatoms. The van der Waals surface area contributed by atoms with Crippen molar-refractivity contribution >= 4 is 5.97 Å². The van der Waals surface area contributed by atoms with Crippen molar-refractivity contribution in [3.63, 3.8) is 0 Å². The topological polar surface area (TPSA) is 62.1 Å². The molecule has 0 spiro atoms. The van der Waals surface area contributed by atoms with Crippen LogP contribution in [0, 0.1) is 6.92 Å². The summed E-state index contributed by atoms with van der Waals surface area (Å²) in [5, 5.41) is 10.8. The third-order valence-corrected chi connectivity index (χ3v) is 2.93. The number of hydrogen-bond donors (Lipinski definition) is 0. The molecule has 0 amide bonds. The van der Waals surface area contributed by atoms with Crippen LogP contribution >= 0.6 is 0 Å². The molecule has 0 unspecified atom stereocenters. The molecule has 0 atom stereocenters. The van der Waals surface area contributed by atoms with Gasteiger partial charge in [-0.15, -0.1) is 0 Å². The molecule has 21 heavy (non-hydrogen) atoms. The average molecular weight is 296 g/mol. The van der Waals surface area contributed by atoms with Crippen molar-refractivity contribution in [2.45, 2.75) is 13.1 Å². The van der Waals surface area contributed by atoms with Crippen LogP contribution in [0.2, 0.25) is 0 Å². The van der Waals surface area contributed by atoms with E-state index in [1.807, 2.05) is 0 Å². The van der Waals surface area contributed by atoms with E-state index < -0.39 is 28.8 Å². The van der Waals surface area contributed by atoms with Gasteiger partial charge in [0.2, 0.25) is 0 Å². The number of benzene rings is 1. The molecular formula is C14H9F3NO3-. The van der Waals surface area contributed by atoms with E-state index in [2.05, 4.69) is 0 Å². The number of carbonyl (C=O) groups excluding carboxylic acids is 1. The number of nitrogens with zero attached hydrogens (tertiary/aromatic N) is 1. The third kappa shape index (κ3) is 2.81. The van der Waals surface area contributed by atoms with Gasteiger partial charge in [-0.05, 0) is 37.3 Å². The molecule has 110 valence electrons. The highest BCUT2D eigenvalue weighted by atomic mass is 19.4. The van der Waals surface area contributed by atoms with Gasteiger partial charge < -0.3 is 9.90 Å². The number of rotatable bonds is 2. The number of aromatic carboxylic acids is 1. The lowest BCUT2D eigenvalue weighted by Gasteiger charge is -2.14. The standard InChI is InChI=1S/C14H10F3NO3/c1-8-5-6-11(13(20)21)12(19)18(8)10-4-2-3-9(7-10)14(15,16)17/h2-7H,1H3,(H,20,21)/p-1. The van der Waals surface area contributed by atoms with E-state index in [9.17, 15) is 27.9 Å². The van der Waals surface area contributed by atoms with Crippen molar-refractivity contribution in [1.82, 2.24) is 4.57 Å². The van der Waals surface area contributed by atoms with Gasteiger partial charge in [0.15, 0.2) is 0 Å². The van der Waals surface area contributed by atoms with Crippen LogP contribution in [0.15, 0.2) is 41.2 Å². The van der Waals surface area contributed by atoms with Crippen LogP contribution in [0.4, 0.5) is 13.2 Å². The molecule has 0 saturated carbocycles. The predicted octanol–water partition coefficient (Wildman–Crippen LogP) is 1.53. The summed E-state index contributed by atoms with van der Waals surface area (Å²) in [6.45, 7) is 1.49. The second kappa shape index (κ2) is 5.08. The van der Waals surface area contributed by atoms with Gasteiger partial charge in [-0.1, -0.05) is 6.07 Å². The number of carbonyl (C=O) groups is 1. The van der Waals surface area contributed by atoms with Gasteiger partial charge in [0.1, 0.15) is 0 Å². The molecule has 0 aliphatic carbocycles. The molecule has 0 N–H and O–H groups in total. The predicted molar refractivity (Wildman–Crippen MR) is 66.1 cm³/mol. The van der Waals surface area contributed by atoms with Gasteiger partial charge in [0.05, 0.1) is 17.1 Å². The van der Waals surface area contributed by atoms with Crippen LogP contribution < -0.4 is 10.7 Å². The van der Waals surface area contributed by atoms with E-state index >= 15 is 0 Å². The van der Waals surface area contributed by atoms with E-state index in [4.69, 9.17) is 0 Å². The number of halogens is 3. The van der Waals surface area contributed by atoms with Crippen LogP contribution in [-0.2, 0) is 6.18 Å². The van der Waals surface area contributed by atoms with Gasteiger partial charge in [-0.25, -0.2) is 0 Å². The number of carboxylic acids is 1. The van der Waals surface area contributed by atoms with Gasteiger partial charge in [0.25, 0.3) is 5.56 Å². The maximum absolute atomic E-state index is 12.7. The Hall–Kier alpha value is -2.57. The minimum atomic E-state index is -4.56. The second-order valence-electron chi connectivity index (χ2n) is 4.36. The van der Waals surface area contributed by atoms with E-state index in [0.29, 0.717) is 5.69 Å². The summed E-state index contributed by atoms with van der Waals surface area (Å²) in [4.78, 5) is 22.9. The second-order valence-corrected chi connectivity index (χ2v) is 4.36. The molecule has 0 radical (unpaired) electrons. The Kier molecular flexibility index (Phi) is 3.59. The molecule has 2 aromatic rings. The van der Waals surface area contributed by atoms with E-state index in [-0.39, 0.29) is 5.69 Å². The Balaban J connectivity index is 2.71. The van der Waals surface area contributed by atoms with Gasteiger partial charge in [-0.3, -0.25) is 9.36 Å². The molecule has 1 heterocycles. The Morgan fingerprint density at radius 2 is 1.86 bits per heavy atom. The third-order valence-electron chi connectivity index (χ3n) is 2.93. The number of aryl methyl sites for hydroxylation is 1. The monoisotopic (exact) mass is 296 g/mol. The summed E-state index contributed by atoms with van der Waals surface area (Å²) >= 11 is 0. The van der Waals surface area contributed by atoms with Crippen LogP contribution in [0.25, 0.3) is 5.69 Å². The summed E-state index contributed by atoms with van der Waals surface area (Å²) in [6.07, 6.45) is -4.56. The minimum absolute atomic E-state index is 0.0598. The number of pyridine rings is 1. The Morgan fingerprint density at radius 1 is 1.19 bits per heavy atom. The Morgan fingerprint density at radius 3 is 2.43 bits per heavy atom. The van der Waals surface area contributed by atoms with Crippen molar-refractivity contribution in [1.29, 1.82) is 0 Å².